The van der Waals surface area contributed by atoms with E-state index in [0.717, 1.165) is 48.7 Å². The van der Waals surface area contributed by atoms with Gasteiger partial charge in [0, 0.05) is 18.9 Å². The predicted octanol–water partition coefficient (Wildman–Crippen LogP) is 3.89. The van der Waals surface area contributed by atoms with E-state index in [9.17, 15) is 8.78 Å². The van der Waals surface area contributed by atoms with Gasteiger partial charge in [-0.2, -0.15) is 5.10 Å². The summed E-state index contributed by atoms with van der Waals surface area (Å²) in [6, 6.07) is 6.29. The zero-order valence-electron chi connectivity index (χ0n) is 15.2. The Morgan fingerprint density at radius 2 is 2.08 bits per heavy atom. The van der Waals surface area contributed by atoms with Gasteiger partial charge in [-0.05, 0) is 50.4 Å². The van der Waals surface area contributed by atoms with Crippen LogP contribution < -0.4 is 0 Å². The minimum absolute atomic E-state index is 0.139. The second-order valence-electron chi connectivity index (χ2n) is 6.93. The Bertz CT molecular complexity index is 726. The zero-order chi connectivity index (χ0) is 18.0. The van der Waals surface area contributed by atoms with Gasteiger partial charge in [0.1, 0.15) is 5.82 Å². The van der Waals surface area contributed by atoms with Crippen molar-refractivity contribution < 1.29 is 8.78 Å². The number of rotatable bonds is 5. The molecule has 0 radical (unpaired) electrons. The summed E-state index contributed by atoms with van der Waals surface area (Å²) in [7, 11) is 0. The Hall–Kier alpha value is -1.82. The first-order chi connectivity index (χ1) is 12.0. The second kappa shape index (κ2) is 7.60. The van der Waals surface area contributed by atoms with Crippen LogP contribution in [0.15, 0.2) is 18.2 Å². The highest BCUT2D eigenvalue weighted by Gasteiger charge is 2.28. The number of aryl methyl sites for hydroxylation is 3. The van der Waals surface area contributed by atoms with Crippen LogP contribution in [0.25, 0.3) is 5.69 Å². The molecule has 6 heteroatoms. The molecule has 1 aromatic heterocycles. The monoisotopic (exact) mass is 348 g/mol. The molecular weight excluding hydrogens is 322 g/mol. The number of halogens is 2. The maximum Gasteiger partial charge on any atom is 0.251 e. The van der Waals surface area contributed by atoms with Crippen molar-refractivity contribution in [2.24, 2.45) is 0 Å². The molecule has 0 saturated carbocycles. The third-order valence-corrected chi connectivity index (χ3v) is 4.85. The van der Waals surface area contributed by atoms with Crippen LogP contribution >= 0.6 is 0 Å². The molecule has 4 nitrogen and oxygen atoms in total. The molecule has 2 aromatic rings. The molecule has 1 aliphatic rings. The van der Waals surface area contributed by atoms with Crippen LogP contribution in [-0.2, 0) is 6.42 Å². The Labute approximate surface area is 147 Å². The van der Waals surface area contributed by atoms with Crippen molar-refractivity contribution in [1.82, 2.24) is 19.7 Å². The van der Waals surface area contributed by atoms with Crippen LogP contribution in [0.1, 0.15) is 48.5 Å². The molecule has 2 heterocycles. The Kier molecular flexibility index (Phi) is 5.47. The molecule has 136 valence electrons. The maximum absolute atomic E-state index is 12.8. The van der Waals surface area contributed by atoms with Crippen LogP contribution in [0.2, 0.25) is 0 Å². The first-order valence-corrected chi connectivity index (χ1v) is 9.02. The number of likely N-dealkylation sites (tertiary alicyclic amines) is 1. The fourth-order valence-electron chi connectivity index (χ4n) is 3.53. The topological polar surface area (TPSA) is 34.0 Å². The van der Waals surface area contributed by atoms with Gasteiger partial charge < -0.3 is 0 Å². The van der Waals surface area contributed by atoms with Crippen molar-refractivity contribution in [3.8, 4) is 5.69 Å². The molecule has 0 bridgehead atoms. The molecule has 0 aliphatic carbocycles. The van der Waals surface area contributed by atoms with E-state index >= 15 is 0 Å². The lowest BCUT2D eigenvalue weighted by molar-refractivity contribution is 0.0729. The minimum Gasteiger partial charge on any atom is -0.297 e. The summed E-state index contributed by atoms with van der Waals surface area (Å²) in [4.78, 5) is 6.60. The van der Waals surface area contributed by atoms with Crippen molar-refractivity contribution in [2.75, 3.05) is 19.6 Å². The SMILES string of the molecule is CCc1nc(C2CCCN(CC(F)F)C2)n(-c2cc(C)ccc2C)n1. The number of benzene rings is 1. The first-order valence-electron chi connectivity index (χ1n) is 9.02. The fourth-order valence-corrected chi connectivity index (χ4v) is 3.53. The average molecular weight is 348 g/mol. The average Bonchev–Trinajstić information content (AvgIpc) is 3.01. The van der Waals surface area contributed by atoms with E-state index in [1.165, 1.54) is 5.56 Å². The van der Waals surface area contributed by atoms with Gasteiger partial charge in [0.15, 0.2) is 5.82 Å². The minimum atomic E-state index is -2.29. The van der Waals surface area contributed by atoms with E-state index in [2.05, 4.69) is 32.0 Å². The fraction of sp³-hybridized carbons (Fsp3) is 0.579. The van der Waals surface area contributed by atoms with Crippen molar-refractivity contribution in [1.29, 1.82) is 0 Å². The van der Waals surface area contributed by atoms with Gasteiger partial charge in [-0.25, -0.2) is 18.4 Å². The van der Waals surface area contributed by atoms with Gasteiger partial charge >= 0.3 is 0 Å². The molecule has 0 N–H and O–H groups in total. The molecule has 0 spiro atoms. The normalized spacial score (nSPS) is 18.9. The summed E-state index contributed by atoms with van der Waals surface area (Å²) in [5, 5.41) is 4.70. The zero-order valence-corrected chi connectivity index (χ0v) is 15.2. The highest BCUT2D eigenvalue weighted by molar-refractivity contribution is 5.43. The summed E-state index contributed by atoms with van der Waals surface area (Å²) in [5.41, 5.74) is 3.34. The predicted molar refractivity (Wildman–Crippen MR) is 94.6 cm³/mol. The third-order valence-electron chi connectivity index (χ3n) is 4.85. The van der Waals surface area contributed by atoms with Crippen LogP contribution in [0.4, 0.5) is 8.78 Å². The lowest BCUT2D eigenvalue weighted by atomic mass is 9.97. The second-order valence-corrected chi connectivity index (χ2v) is 6.93. The van der Waals surface area contributed by atoms with Crippen LogP contribution in [-0.4, -0.2) is 45.7 Å². The van der Waals surface area contributed by atoms with Gasteiger partial charge in [0.2, 0.25) is 0 Å². The molecule has 1 unspecified atom stereocenters. The van der Waals surface area contributed by atoms with E-state index in [1.54, 1.807) is 0 Å². The number of piperidine rings is 1. The molecule has 1 atom stereocenters. The standard InChI is InChI=1S/C19H26F2N4/c1-4-18-22-19(15-6-5-9-24(11-15)12-17(20)21)25(23-18)16-10-13(2)7-8-14(16)3/h7-8,10,15,17H,4-6,9,11-12H2,1-3H3. The smallest absolute Gasteiger partial charge is 0.251 e. The number of nitrogens with zero attached hydrogens (tertiary/aromatic N) is 4. The van der Waals surface area contributed by atoms with Gasteiger partial charge in [-0.3, -0.25) is 4.90 Å². The van der Waals surface area contributed by atoms with Crippen molar-refractivity contribution in [3.63, 3.8) is 0 Å². The van der Waals surface area contributed by atoms with Gasteiger partial charge in [0.25, 0.3) is 6.43 Å². The van der Waals surface area contributed by atoms with Gasteiger partial charge in [0.05, 0.1) is 12.2 Å². The molecule has 25 heavy (non-hydrogen) atoms. The number of alkyl halides is 2. The lowest BCUT2D eigenvalue weighted by Crippen LogP contribution is -2.38. The number of hydrogen-bond acceptors (Lipinski definition) is 3. The highest BCUT2D eigenvalue weighted by Crippen LogP contribution is 2.29. The van der Waals surface area contributed by atoms with Gasteiger partial charge in [-0.1, -0.05) is 19.1 Å². The quantitative estimate of drug-likeness (QED) is 0.822. The molecule has 0 amide bonds. The summed E-state index contributed by atoms with van der Waals surface area (Å²) in [6.07, 6.45) is 0.352. The third kappa shape index (κ3) is 4.06. The Balaban J connectivity index is 1.96. The lowest BCUT2D eigenvalue weighted by Gasteiger charge is -2.32. The molecule has 1 aliphatic heterocycles. The summed E-state index contributed by atoms with van der Waals surface area (Å²) >= 11 is 0. The maximum atomic E-state index is 12.8. The summed E-state index contributed by atoms with van der Waals surface area (Å²) < 4.78 is 27.5. The summed E-state index contributed by atoms with van der Waals surface area (Å²) in [6.45, 7) is 7.36. The van der Waals surface area contributed by atoms with Crippen LogP contribution in [0.3, 0.4) is 0 Å². The van der Waals surface area contributed by atoms with Crippen molar-refractivity contribution in [3.05, 3.63) is 41.0 Å². The number of aromatic nitrogens is 3. The van der Waals surface area contributed by atoms with E-state index in [1.807, 2.05) is 16.5 Å². The highest BCUT2D eigenvalue weighted by atomic mass is 19.3. The van der Waals surface area contributed by atoms with E-state index in [0.29, 0.717) is 6.54 Å². The van der Waals surface area contributed by atoms with Crippen molar-refractivity contribution in [2.45, 2.75) is 52.4 Å². The molecule has 3 rings (SSSR count). The van der Waals surface area contributed by atoms with E-state index in [-0.39, 0.29) is 12.5 Å². The van der Waals surface area contributed by atoms with Crippen LogP contribution in [0.5, 0.6) is 0 Å². The molecular formula is C19H26F2N4. The first kappa shape index (κ1) is 18.0. The molecule has 1 fully saturated rings. The van der Waals surface area contributed by atoms with E-state index in [4.69, 9.17) is 10.1 Å². The molecule has 1 aromatic carbocycles. The van der Waals surface area contributed by atoms with E-state index < -0.39 is 6.43 Å². The Morgan fingerprint density at radius 3 is 2.80 bits per heavy atom. The largest absolute Gasteiger partial charge is 0.297 e. The summed E-state index contributed by atoms with van der Waals surface area (Å²) in [5.74, 6) is 1.85. The van der Waals surface area contributed by atoms with Crippen LogP contribution in [0, 0.1) is 13.8 Å². The Morgan fingerprint density at radius 1 is 1.28 bits per heavy atom. The molecule has 1 saturated heterocycles. The van der Waals surface area contributed by atoms with Crippen molar-refractivity contribution >= 4 is 0 Å². The van der Waals surface area contributed by atoms with Gasteiger partial charge in [-0.15, -0.1) is 0 Å². The number of hydrogen-bond donors (Lipinski definition) is 0.